The average molecular weight is 332 g/mol. The third-order valence-electron chi connectivity index (χ3n) is 3.09. The topological polar surface area (TPSA) is 66.4 Å². The molecular weight excluding hydrogens is 318 g/mol. The van der Waals surface area contributed by atoms with E-state index in [1.807, 2.05) is 11.4 Å². The number of aliphatic carboxylic acids is 1. The highest BCUT2D eigenvalue weighted by molar-refractivity contribution is 9.10. The van der Waals surface area contributed by atoms with Crippen molar-refractivity contribution in [2.75, 3.05) is 0 Å². The van der Waals surface area contributed by atoms with Gasteiger partial charge in [-0.3, -0.25) is 9.59 Å². The number of halogens is 1. The average Bonchev–Trinajstić information content (AvgIpc) is 3.03. The van der Waals surface area contributed by atoms with Gasteiger partial charge >= 0.3 is 5.97 Å². The molecule has 0 bridgehead atoms. The number of amides is 1. The van der Waals surface area contributed by atoms with E-state index in [0.717, 1.165) is 22.2 Å². The predicted octanol–water partition coefficient (Wildman–Crippen LogP) is 2.42. The third kappa shape index (κ3) is 2.75. The molecule has 1 amide bonds. The van der Waals surface area contributed by atoms with E-state index >= 15 is 0 Å². The monoisotopic (exact) mass is 331 g/mol. The minimum absolute atomic E-state index is 0.169. The Morgan fingerprint density at radius 2 is 2.28 bits per heavy atom. The first-order valence-electron chi connectivity index (χ1n) is 5.69. The molecule has 1 aliphatic rings. The second-order valence-electron chi connectivity index (χ2n) is 4.75. The van der Waals surface area contributed by atoms with Crippen molar-refractivity contribution < 1.29 is 14.7 Å². The maximum absolute atomic E-state index is 12.1. The fourth-order valence-corrected chi connectivity index (χ4v) is 3.25. The summed E-state index contributed by atoms with van der Waals surface area (Å²) in [6.07, 6.45) is 2.10. The molecule has 1 aromatic rings. The van der Waals surface area contributed by atoms with E-state index in [1.54, 1.807) is 0 Å². The Bertz CT molecular complexity index is 483. The van der Waals surface area contributed by atoms with Crippen LogP contribution in [0.3, 0.4) is 0 Å². The fourth-order valence-electron chi connectivity index (χ4n) is 1.60. The maximum atomic E-state index is 12.1. The molecule has 1 heterocycles. The van der Waals surface area contributed by atoms with Gasteiger partial charge in [0.2, 0.25) is 5.91 Å². The number of carboxylic acids is 1. The van der Waals surface area contributed by atoms with E-state index in [1.165, 1.54) is 18.3 Å². The molecule has 1 fully saturated rings. The maximum Gasteiger partial charge on any atom is 0.319 e. The number of rotatable bonds is 5. The molecule has 98 valence electrons. The lowest BCUT2D eigenvalue weighted by Gasteiger charge is -2.23. The summed E-state index contributed by atoms with van der Waals surface area (Å²) in [7, 11) is 0. The molecule has 2 rings (SSSR count). The van der Waals surface area contributed by atoms with Gasteiger partial charge in [-0.1, -0.05) is 0 Å². The standard InChI is InChI=1S/C12H14BrNO3S/c1-12(11(16)17,10(15)14-7-2-3-7)6-9-8(13)4-5-18-9/h4-5,7H,2-3,6H2,1H3,(H,14,15)(H,16,17). The second-order valence-corrected chi connectivity index (χ2v) is 6.61. The van der Waals surface area contributed by atoms with E-state index in [2.05, 4.69) is 21.2 Å². The first-order valence-corrected chi connectivity index (χ1v) is 7.37. The normalized spacial score (nSPS) is 18.1. The van der Waals surface area contributed by atoms with Crippen LogP contribution in [0.25, 0.3) is 0 Å². The van der Waals surface area contributed by atoms with Gasteiger partial charge in [-0.15, -0.1) is 11.3 Å². The summed E-state index contributed by atoms with van der Waals surface area (Å²) < 4.78 is 0.860. The summed E-state index contributed by atoms with van der Waals surface area (Å²) >= 11 is 4.82. The number of nitrogens with one attached hydrogen (secondary N) is 1. The summed E-state index contributed by atoms with van der Waals surface area (Å²) in [6, 6.07) is 2.03. The van der Waals surface area contributed by atoms with Crippen LogP contribution in [-0.4, -0.2) is 23.0 Å². The van der Waals surface area contributed by atoms with Gasteiger partial charge in [-0.25, -0.2) is 0 Å². The van der Waals surface area contributed by atoms with Crippen molar-refractivity contribution in [3.63, 3.8) is 0 Å². The Hall–Kier alpha value is -0.880. The van der Waals surface area contributed by atoms with E-state index < -0.39 is 17.3 Å². The van der Waals surface area contributed by atoms with Crippen LogP contribution in [0.15, 0.2) is 15.9 Å². The molecular formula is C12H14BrNO3S. The minimum Gasteiger partial charge on any atom is -0.480 e. The smallest absolute Gasteiger partial charge is 0.319 e. The summed E-state index contributed by atoms with van der Waals surface area (Å²) in [6.45, 7) is 1.49. The van der Waals surface area contributed by atoms with Crippen LogP contribution >= 0.6 is 27.3 Å². The predicted molar refractivity (Wildman–Crippen MR) is 72.6 cm³/mol. The molecule has 1 saturated carbocycles. The molecule has 0 aromatic carbocycles. The van der Waals surface area contributed by atoms with Crippen molar-refractivity contribution in [2.45, 2.75) is 32.2 Å². The molecule has 4 nitrogen and oxygen atoms in total. The Kier molecular flexibility index (Phi) is 3.77. The van der Waals surface area contributed by atoms with Gasteiger partial charge in [0, 0.05) is 21.8 Å². The highest BCUT2D eigenvalue weighted by atomic mass is 79.9. The number of hydrogen-bond donors (Lipinski definition) is 2. The fraction of sp³-hybridized carbons (Fsp3) is 0.500. The molecule has 0 spiro atoms. The molecule has 0 radical (unpaired) electrons. The van der Waals surface area contributed by atoms with Crippen molar-refractivity contribution in [2.24, 2.45) is 5.41 Å². The molecule has 2 N–H and O–H groups in total. The number of carbonyl (C=O) groups is 2. The Morgan fingerprint density at radius 3 is 2.72 bits per heavy atom. The van der Waals surface area contributed by atoms with E-state index in [-0.39, 0.29) is 12.5 Å². The van der Waals surface area contributed by atoms with Crippen LogP contribution in [0.5, 0.6) is 0 Å². The quantitative estimate of drug-likeness (QED) is 0.814. The summed E-state index contributed by atoms with van der Waals surface area (Å²) in [5.74, 6) is -1.47. The molecule has 1 aliphatic carbocycles. The van der Waals surface area contributed by atoms with Crippen LogP contribution in [0.1, 0.15) is 24.6 Å². The van der Waals surface area contributed by atoms with Crippen molar-refractivity contribution in [1.82, 2.24) is 5.32 Å². The van der Waals surface area contributed by atoms with Gasteiger partial charge in [0.05, 0.1) is 0 Å². The van der Waals surface area contributed by atoms with Crippen LogP contribution in [-0.2, 0) is 16.0 Å². The van der Waals surface area contributed by atoms with Gasteiger partial charge in [0.25, 0.3) is 0 Å². The lowest BCUT2D eigenvalue weighted by atomic mass is 9.85. The molecule has 18 heavy (non-hydrogen) atoms. The first kappa shape index (κ1) is 13.5. The van der Waals surface area contributed by atoms with Crippen molar-refractivity contribution in [3.8, 4) is 0 Å². The van der Waals surface area contributed by atoms with E-state index in [0.29, 0.717) is 0 Å². The van der Waals surface area contributed by atoms with Crippen molar-refractivity contribution in [3.05, 3.63) is 20.8 Å². The SMILES string of the molecule is CC(Cc1sccc1Br)(C(=O)O)C(=O)NC1CC1. The zero-order chi connectivity index (χ0) is 13.3. The molecule has 0 saturated heterocycles. The van der Waals surface area contributed by atoms with Gasteiger partial charge in [-0.05, 0) is 47.1 Å². The summed E-state index contributed by atoms with van der Waals surface area (Å²) in [4.78, 5) is 24.4. The van der Waals surface area contributed by atoms with Gasteiger partial charge in [-0.2, -0.15) is 0 Å². The highest BCUT2D eigenvalue weighted by Gasteiger charge is 2.43. The Balaban J connectivity index is 2.17. The second kappa shape index (κ2) is 5.01. The van der Waals surface area contributed by atoms with Crippen LogP contribution in [0, 0.1) is 5.41 Å². The molecule has 1 atom stereocenters. The lowest BCUT2D eigenvalue weighted by molar-refractivity contribution is -0.154. The van der Waals surface area contributed by atoms with Crippen LogP contribution in [0.2, 0.25) is 0 Å². The molecule has 6 heteroatoms. The first-order chi connectivity index (χ1) is 8.43. The molecule has 1 unspecified atom stereocenters. The lowest BCUT2D eigenvalue weighted by Crippen LogP contribution is -2.46. The largest absolute Gasteiger partial charge is 0.480 e. The van der Waals surface area contributed by atoms with Crippen molar-refractivity contribution in [1.29, 1.82) is 0 Å². The Morgan fingerprint density at radius 1 is 1.61 bits per heavy atom. The van der Waals surface area contributed by atoms with Gasteiger partial charge in [0.1, 0.15) is 5.41 Å². The number of thiophene rings is 1. The van der Waals surface area contributed by atoms with Gasteiger partial charge in [0.15, 0.2) is 0 Å². The number of hydrogen-bond acceptors (Lipinski definition) is 3. The zero-order valence-corrected chi connectivity index (χ0v) is 12.3. The minimum atomic E-state index is -1.41. The van der Waals surface area contributed by atoms with Gasteiger partial charge < -0.3 is 10.4 Å². The third-order valence-corrected chi connectivity index (χ3v) is 5.02. The molecule has 1 aromatic heterocycles. The summed E-state index contributed by atoms with van der Waals surface area (Å²) in [5, 5.41) is 14.0. The number of carbonyl (C=O) groups excluding carboxylic acids is 1. The van der Waals surface area contributed by atoms with Crippen molar-refractivity contribution >= 4 is 39.1 Å². The van der Waals surface area contributed by atoms with E-state index in [9.17, 15) is 14.7 Å². The molecule has 0 aliphatic heterocycles. The number of carboxylic acid groups (broad SMARTS) is 1. The van der Waals surface area contributed by atoms with E-state index in [4.69, 9.17) is 0 Å². The van der Waals surface area contributed by atoms with Crippen LogP contribution < -0.4 is 5.32 Å². The Labute approximate surface area is 118 Å². The highest BCUT2D eigenvalue weighted by Crippen LogP contribution is 2.32. The summed E-state index contributed by atoms with van der Waals surface area (Å²) in [5.41, 5.74) is -1.41. The van der Waals surface area contributed by atoms with Crippen LogP contribution in [0.4, 0.5) is 0 Å². The zero-order valence-electron chi connectivity index (χ0n) is 9.90.